The van der Waals surface area contributed by atoms with Crippen LogP contribution in [-0.2, 0) is 15.2 Å². The Bertz CT molecular complexity index is 870. The second-order valence-corrected chi connectivity index (χ2v) is 6.23. The van der Waals surface area contributed by atoms with E-state index in [1.54, 1.807) is 91.0 Å². The van der Waals surface area contributed by atoms with E-state index in [-0.39, 0.29) is 6.61 Å². The molecule has 6 nitrogen and oxygen atoms in total. The summed E-state index contributed by atoms with van der Waals surface area (Å²) in [5, 5.41) is 37.2. The number of rotatable bonds is 6. The average molecular weight is 394 g/mol. The molecule has 0 radical (unpaired) electrons. The molecule has 6 heteroatoms. The number of aliphatic carboxylic acids is 2. The topological polar surface area (TPSA) is 115 Å². The number of benzene rings is 3. The summed E-state index contributed by atoms with van der Waals surface area (Å²) in [6.07, 6.45) is 0. The summed E-state index contributed by atoms with van der Waals surface area (Å²) < 4.78 is 0. The van der Waals surface area contributed by atoms with Crippen LogP contribution in [0.3, 0.4) is 0 Å². The molecule has 0 heterocycles. The van der Waals surface area contributed by atoms with Gasteiger partial charge in [-0.1, -0.05) is 91.0 Å². The van der Waals surface area contributed by atoms with Crippen LogP contribution in [0.25, 0.3) is 0 Å². The number of carbonyl (C=O) groups is 2. The molecule has 1 atom stereocenters. The third-order valence-corrected chi connectivity index (χ3v) is 4.38. The van der Waals surface area contributed by atoms with Crippen LogP contribution in [0.2, 0.25) is 0 Å². The van der Waals surface area contributed by atoms with Gasteiger partial charge in [-0.15, -0.1) is 0 Å². The van der Waals surface area contributed by atoms with Crippen molar-refractivity contribution in [2.75, 3.05) is 6.61 Å². The minimum atomic E-state index is -2.00. The highest BCUT2D eigenvalue weighted by Gasteiger charge is 2.39. The Labute approximate surface area is 168 Å². The molecule has 29 heavy (non-hydrogen) atoms. The SMILES string of the molecule is O=C(O)C(CO)c1ccccc1.O=C(O)C(O)(c1ccccc1)c1ccccc1. The number of aliphatic hydroxyl groups is 2. The third kappa shape index (κ3) is 5.28. The van der Waals surface area contributed by atoms with E-state index in [0.29, 0.717) is 16.7 Å². The van der Waals surface area contributed by atoms with E-state index in [4.69, 9.17) is 10.2 Å². The first-order valence-corrected chi connectivity index (χ1v) is 8.86. The van der Waals surface area contributed by atoms with Gasteiger partial charge in [0.15, 0.2) is 0 Å². The van der Waals surface area contributed by atoms with Gasteiger partial charge in [-0.25, -0.2) is 4.79 Å². The van der Waals surface area contributed by atoms with Crippen molar-refractivity contribution < 1.29 is 30.0 Å². The minimum Gasteiger partial charge on any atom is -0.481 e. The van der Waals surface area contributed by atoms with Crippen LogP contribution >= 0.6 is 0 Å². The van der Waals surface area contributed by atoms with Gasteiger partial charge in [0.25, 0.3) is 0 Å². The zero-order chi connectivity index (χ0) is 21.3. The molecule has 1 unspecified atom stereocenters. The minimum absolute atomic E-state index is 0.346. The fraction of sp³-hybridized carbons (Fsp3) is 0.130. The van der Waals surface area contributed by atoms with Gasteiger partial charge >= 0.3 is 11.9 Å². The van der Waals surface area contributed by atoms with Crippen molar-refractivity contribution in [1.29, 1.82) is 0 Å². The lowest BCUT2D eigenvalue weighted by molar-refractivity contribution is -0.155. The summed E-state index contributed by atoms with van der Waals surface area (Å²) in [6, 6.07) is 25.4. The Kier molecular flexibility index (Phi) is 7.65. The highest BCUT2D eigenvalue weighted by molar-refractivity contribution is 5.83. The summed E-state index contributed by atoms with van der Waals surface area (Å²) in [4.78, 5) is 21.9. The van der Waals surface area contributed by atoms with Crippen LogP contribution in [-0.4, -0.2) is 39.0 Å². The fourth-order valence-electron chi connectivity index (χ4n) is 2.78. The van der Waals surface area contributed by atoms with Gasteiger partial charge in [-0.3, -0.25) is 4.79 Å². The fourth-order valence-corrected chi connectivity index (χ4v) is 2.78. The van der Waals surface area contributed by atoms with Crippen molar-refractivity contribution in [1.82, 2.24) is 0 Å². The summed E-state index contributed by atoms with van der Waals surface area (Å²) in [7, 11) is 0. The quantitative estimate of drug-likeness (QED) is 0.511. The second kappa shape index (κ2) is 10.2. The van der Waals surface area contributed by atoms with Crippen LogP contribution in [0, 0.1) is 0 Å². The Hall–Kier alpha value is -3.48. The zero-order valence-corrected chi connectivity index (χ0v) is 15.6. The summed E-state index contributed by atoms with van der Waals surface area (Å²) in [5.41, 5.74) is -0.674. The monoisotopic (exact) mass is 394 g/mol. The Morgan fingerprint density at radius 3 is 1.41 bits per heavy atom. The molecular formula is C23H22O6. The molecule has 3 aromatic carbocycles. The van der Waals surface area contributed by atoms with Crippen molar-refractivity contribution in [3.63, 3.8) is 0 Å². The van der Waals surface area contributed by atoms with Crippen molar-refractivity contribution >= 4 is 11.9 Å². The first-order chi connectivity index (χ1) is 13.9. The molecule has 3 rings (SSSR count). The van der Waals surface area contributed by atoms with Gasteiger partial charge in [-0.2, -0.15) is 0 Å². The van der Waals surface area contributed by atoms with E-state index in [1.165, 1.54) is 0 Å². The van der Waals surface area contributed by atoms with Gasteiger partial charge in [0, 0.05) is 0 Å². The number of carboxylic acid groups (broad SMARTS) is 2. The number of hydrogen-bond acceptors (Lipinski definition) is 4. The number of hydrogen-bond donors (Lipinski definition) is 4. The Morgan fingerprint density at radius 2 is 1.10 bits per heavy atom. The maximum absolute atomic E-state index is 11.4. The highest BCUT2D eigenvalue weighted by Crippen LogP contribution is 2.29. The lowest BCUT2D eigenvalue weighted by atomic mass is 9.86. The Balaban J connectivity index is 0.000000221. The lowest BCUT2D eigenvalue weighted by Gasteiger charge is -2.24. The van der Waals surface area contributed by atoms with E-state index in [2.05, 4.69) is 0 Å². The predicted molar refractivity (Wildman–Crippen MR) is 107 cm³/mol. The number of carboxylic acids is 2. The van der Waals surface area contributed by atoms with E-state index in [1.807, 2.05) is 0 Å². The van der Waals surface area contributed by atoms with Crippen LogP contribution in [0.5, 0.6) is 0 Å². The van der Waals surface area contributed by atoms with E-state index < -0.39 is 23.5 Å². The standard InChI is InChI=1S/C14H12O3.C9H10O3/c15-13(16)14(17,11-7-3-1-4-8-11)12-9-5-2-6-10-12;10-6-8(9(11)12)7-4-2-1-3-5-7/h1-10,17H,(H,15,16);1-5,8,10H,6H2,(H,11,12). The van der Waals surface area contributed by atoms with Gasteiger partial charge in [0.05, 0.1) is 6.61 Å². The third-order valence-electron chi connectivity index (χ3n) is 4.38. The van der Waals surface area contributed by atoms with Crippen LogP contribution in [0.15, 0.2) is 91.0 Å². The molecular weight excluding hydrogens is 372 g/mol. The number of aliphatic hydroxyl groups excluding tert-OH is 1. The zero-order valence-electron chi connectivity index (χ0n) is 15.6. The molecule has 4 N–H and O–H groups in total. The first kappa shape index (κ1) is 21.8. The molecule has 0 saturated carbocycles. The largest absolute Gasteiger partial charge is 0.481 e. The highest BCUT2D eigenvalue weighted by atomic mass is 16.4. The van der Waals surface area contributed by atoms with Crippen molar-refractivity contribution in [3.8, 4) is 0 Å². The molecule has 3 aromatic rings. The average Bonchev–Trinajstić information content (AvgIpc) is 2.76. The maximum atomic E-state index is 11.4. The van der Waals surface area contributed by atoms with Crippen LogP contribution in [0.4, 0.5) is 0 Å². The molecule has 0 amide bonds. The van der Waals surface area contributed by atoms with E-state index in [0.717, 1.165) is 0 Å². The molecule has 0 aliphatic carbocycles. The predicted octanol–water partition coefficient (Wildman–Crippen LogP) is 2.85. The van der Waals surface area contributed by atoms with Crippen molar-refractivity contribution in [2.24, 2.45) is 0 Å². The molecule has 0 aliphatic rings. The van der Waals surface area contributed by atoms with Gasteiger partial charge in [0.1, 0.15) is 5.92 Å². The summed E-state index contributed by atoms with van der Waals surface area (Å²) >= 11 is 0. The molecule has 0 spiro atoms. The molecule has 0 aromatic heterocycles. The molecule has 0 bridgehead atoms. The molecule has 150 valence electrons. The van der Waals surface area contributed by atoms with Crippen LogP contribution < -0.4 is 0 Å². The molecule has 0 fully saturated rings. The smallest absolute Gasteiger partial charge is 0.345 e. The van der Waals surface area contributed by atoms with Crippen molar-refractivity contribution in [2.45, 2.75) is 11.5 Å². The van der Waals surface area contributed by atoms with Gasteiger partial charge in [-0.05, 0) is 16.7 Å². The Morgan fingerprint density at radius 1 is 0.724 bits per heavy atom. The summed E-state index contributed by atoms with van der Waals surface area (Å²) in [6.45, 7) is -0.362. The van der Waals surface area contributed by atoms with Crippen molar-refractivity contribution in [3.05, 3.63) is 108 Å². The molecule has 0 aliphatic heterocycles. The molecule has 0 saturated heterocycles. The van der Waals surface area contributed by atoms with E-state index in [9.17, 15) is 19.8 Å². The first-order valence-electron chi connectivity index (χ1n) is 8.86. The normalized spacial score (nSPS) is 11.7. The lowest BCUT2D eigenvalue weighted by Crippen LogP contribution is -2.36. The van der Waals surface area contributed by atoms with Crippen LogP contribution in [0.1, 0.15) is 22.6 Å². The summed E-state index contributed by atoms with van der Waals surface area (Å²) in [5.74, 6) is -3.08. The maximum Gasteiger partial charge on any atom is 0.345 e. The van der Waals surface area contributed by atoms with E-state index >= 15 is 0 Å². The van der Waals surface area contributed by atoms with Gasteiger partial charge in [0.2, 0.25) is 5.60 Å². The van der Waals surface area contributed by atoms with Gasteiger partial charge < -0.3 is 20.4 Å². The second-order valence-electron chi connectivity index (χ2n) is 6.23.